The number of carbonyl (C=O) groups excluding carboxylic acids is 1. The first-order chi connectivity index (χ1) is 11.1. The van der Waals surface area contributed by atoms with E-state index in [0.29, 0.717) is 23.8 Å². The molecule has 0 saturated heterocycles. The van der Waals surface area contributed by atoms with Crippen LogP contribution in [-0.2, 0) is 0 Å². The second kappa shape index (κ2) is 6.84. The van der Waals surface area contributed by atoms with Crippen LogP contribution in [0, 0.1) is 5.82 Å². The Balaban J connectivity index is 1.62. The smallest absolute Gasteiger partial charge is 0.320 e. The SMILES string of the molecule is O=C(Nc1ccc(Cl)cc1)N1CC=C(c2ccc(F)cc2)CC1. The second-order valence-electron chi connectivity index (χ2n) is 5.37. The lowest BCUT2D eigenvalue weighted by Gasteiger charge is -2.27. The zero-order chi connectivity index (χ0) is 16.2. The van der Waals surface area contributed by atoms with Crippen LogP contribution in [0.3, 0.4) is 0 Å². The number of benzene rings is 2. The lowest BCUT2D eigenvalue weighted by Crippen LogP contribution is -2.37. The van der Waals surface area contributed by atoms with Crippen molar-refractivity contribution in [1.29, 1.82) is 0 Å². The summed E-state index contributed by atoms with van der Waals surface area (Å²) in [5.74, 6) is -0.242. The summed E-state index contributed by atoms with van der Waals surface area (Å²) >= 11 is 5.83. The normalized spacial score (nSPS) is 14.3. The first-order valence-electron chi connectivity index (χ1n) is 7.38. The van der Waals surface area contributed by atoms with Gasteiger partial charge in [-0.2, -0.15) is 0 Å². The summed E-state index contributed by atoms with van der Waals surface area (Å²) in [6.07, 6.45) is 2.76. The Kier molecular flexibility index (Phi) is 4.63. The van der Waals surface area contributed by atoms with Crippen molar-refractivity contribution in [2.24, 2.45) is 0 Å². The number of hydrogen-bond donors (Lipinski definition) is 1. The topological polar surface area (TPSA) is 32.3 Å². The minimum atomic E-state index is -0.242. The molecule has 3 nitrogen and oxygen atoms in total. The van der Waals surface area contributed by atoms with Crippen molar-refractivity contribution in [3.8, 4) is 0 Å². The van der Waals surface area contributed by atoms with Gasteiger partial charge in [-0.25, -0.2) is 9.18 Å². The molecule has 118 valence electrons. The van der Waals surface area contributed by atoms with Gasteiger partial charge in [-0.15, -0.1) is 0 Å². The molecule has 5 heteroatoms. The van der Waals surface area contributed by atoms with Gasteiger partial charge in [0.25, 0.3) is 0 Å². The molecule has 0 saturated carbocycles. The fourth-order valence-electron chi connectivity index (χ4n) is 2.52. The molecule has 2 aromatic rings. The predicted octanol–water partition coefficient (Wildman–Crippen LogP) is 4.80. The van der Waals surface area contributed by atoms with E-state index in [-0.39, 0.29) is 11.8 Å². The highest BCUT2D eigenvalue weighted by Gasteiger charge is 2.18. The van der Waals surface area contributed by atoms with E-state index in [4.69, 9.17) is 11.6 Å². The molecule has 0 radical (unpaired) electrons. The van der Waals surface area contributed by atoms with Crippen molar-refractivity contribution in [3.05, 3.63) is 71.0 Å². The molecule has 0 unspecified atom stereocenters. The van der Waals surface area contributed by atoms with Crippen LogP contribution >= 0.6 is 11.6 Å². The van der Waals surface area contributed by atoms with Crippen LogP contribution in [0.15, 0.2) is 54.6 Å². The summed E-state index contributed by atoms with van der Waals surface area (Å²) in [7, 11) is 0. The standard InChI is InChI=1S/C18H16ClFN2O/c19-15-3-7-17(8-4-15)21-18(23)22-11-9-14(10-12-22)13-1-5-16(20)6-2-13/h1-9H,10-12H2,(H,21,23). The van der Waals surface area contributed by atoms with Gasteiger partial charge in [-0.05, 0) is 54.0 Å². The molecule has 23 heavy (non-hydrogen) atoms. The molecule has 0 aromatic heterocycles. The van der Waals surface area contributed by atoms with Crippen LogP contribution in [0.5, 0.6) is 0 Å². The van der Waals surface area contributed by atoms with E-state index in [1.165, 1.54) is 12.1 Å². The van der Waals surface area contributed by atoms with Crippen LogP contribution in [-0.4, -0.2) is 24.0 Å². The molecule has 2 aromatic carbocycles. The van der Waals surface area contributed by atoms with Crippen LogP contribution in [0.25, 0.3) is 5.57 Å². The molecule has 1 N–H and O–H groups in total. The number of halogens is 2. The Labute approximate surface area is 139 Å². The summed E-state index contributed by atoms with van der Waals surface area (Å²) < 4.78 is 13.0. The highest BCUT2D eigenvalue weighted by Crippen LogP contribution is 2.23. The van der Waals surface area contributed by atoms with Crippen LogP contribution in [0.1, 0.15) is 12.0 Å². The van der Waals surface area contributed by atoms with Gasteiger partial charge < -0.3 is 10.2 Å². The third-order valence-electron chi connectivity index (χ3n) is 3.81. The van der Waals surface area contributed by atoms with Crippen molar-refractivity contribution in [3.63, 3.8) is 0 Å². The van der Waals surface area contributed by atoms with E-state index in [1.807, 2.05) is 6.08 Å². The van der Waals surface area contributed by atoms with Crippen LogP contribution < -0.4 is 5.32 Å². The lowest BCUT2D eigenvalue weighted by atomic mass is 10.00. The fraction of sp³-hybridized carbons (Fsp3) is 0.167. The predicted molar refractivity (Wildman–Crippen MR) is 91.0 cm³/mol. The summed E-state index contributed by atoms with van der Waals surface area (Å²) in [6.45, 7) is 1.16. The monoisotopic (exact) mass is 330 g/mol. The first kappa shape index (κ1) is 15.6. The Hall–Kier alpha value is -2.33. The van der Waals surface area contributed by atoms with Gasteiger partial charge >= 0.3 is 6.03 Å². The number of hydrogen-bond acceptors (Lipinski definition) is 1. The van der Waals surface area contributed by atoms with Crippen LogP contribution in [0.2, 0.25) is 5.02 Å². The number of rotatable bonds is 2. The number of amides is 2. The average Bonchev–Trinajstić information content (AvgIpc) is 2.58. The summed E-state index contributed by atoms with van der Waals surface area (Å²) in [4.78, 5) is 14.0. The maximum absolute atomic E-state index is 13.0. The van der Waals surface area contributed by atoms with Crippen molar-refractivity contribution < 1.29 is 9.18 Å². The summed E-state index contributed by atoms with van der Waals surface area (Å²) in [6, 6.07) is 13.3. The van der Waals surface area contributed by atoms with E-state index < -0.39 is 0 Å². The van der Waals surface area contributed by atoms with Gasteiger partial charge in [0.15, 0.2) is 0 Å². The number of anilines is 1. The molecule has 0 atom stereocenters. The third-order valence-corrected chi connectivity index (χ3v) is 4.06. The summed E-state index contributed by atoms with van der Waals surface area (Å²) in [5, 5.41) is 3.48. The van der Waals surface area contributed by atoms with Gasteiger partial charge in [0.1, 0.15) is 5.82 Å². The van der Waals surface area contributed by atoms with Crippen molar-refractivity contribution in [2.75, 3.05) is 18.4 Å². The van der Waals surface area contributed by atoms with Crippen molar-refractivity contribution in [2.45, 2.75) is 6.42 Å². The molecular formula is C18H16ClFN2O. The molecule has 1 heterocycles. The molecule has 2 amide bonds. The zero-order valence-electron chi connectivity index (χ0n) is 12.4. The number of nitrogens with zero attached hydrogens (tertiary/aromatic N) is 1. The molecule has 1 aliphatic heterocycles. The Morgan fingerprint density at radius 1 is 1.09 bits per heavy atom. The number of urea groups is 1. The van der Waals surface area contributed by atoms with Gasteiger partial charge in [0, 0.05) is 23.8 Å². The average molecular weight is 331 g/mol. The largest absolute Gasteiger partial charge is 0.322 e. The quantitative estimate of drug-likeness (QED) is 0.842. The van der Waals surface area contributed by atoms with E-state index in [1.54, 1.807) is 41.3 Å². The zero-order valence-corrected chi connectivity index (χ0v) is 13.2. The maximum Gasteiger partial charge on any atom is 0.322 e. The van der Waals surface area contributed by atoms with Crippen molar-refractivity contribution in [1.82, 2.24) is 4.90 Å². The molecule has 0 fully saturated rings. The maximum atomic E-state index is 13.0. The van der Waals surface area contributed by atoms with E-state index in [9.17, 15) is 9.18 Å². The Bertz CT molecular complexity index is 726. The molecule has 0 aliphatic carbocycles. The molecule has 0 bridgehead atoms. The minimum Gasteiger partial charge on any atom is -0.320 e. The van der Waals surface area contributed by atoms with E-state index in [0.717, 1.165) is 17.6 Å². The first-order valence-corrected chi connectivity index (χ1v) is 7.76. The highest BCUT2D eigenvalue weighted by molar-refractivity contribution is 6.30. The molecule has 3 rings (SSSR count). The number of nitrogens with one attached hydrogen (secondary N) is 1. The van der Waals surface area contributed by atoms with Gasteiger partial charge in [-0.1, -0.05) is 29.8 Å². The van der Waals surface area contributed by atoms with Gasteiger partial charge in [-0.3, -0.25) is 0 Å². The van der Waals surface area contributed by atoms with Crippen LogP contribution in [0.4, 0.5) is 14.9 Å². The third kappa shape index (κ3) is 3.90. The fourth-order valence-corrected chi connectivity index (χ4v) is 2.64. The molecular weight excluding hydrogens is 315 g/mol. The van der Waals surface area contributed by atoms with Gasteiger partial charge in [0.2, 0.25) is 0 Å². The minimum absolute atomic E-state index is 0.137. The van der Waals surface area contributed by atoms with Crippen molar-refractivity contribution >= 4 is 28.9 Å². The lowest BCUT2D eigenvalue weighted by molar-refractivity contribution is 0.217. The molecule has 1 aliphatic rings. The summed E-state index contributed by atoms with van der Waals surface area (Å²) in [5.41, 5.74) is 2.86. The van der Waals surface area contributed by atoms with E-state index in [2.05, 4.69) is 5.32 Å². The Morgan fingerprint density at radius 3 is 2.39 bits per heavy atom. The number of carbonyl (C=O) groups is 1. The Morgan fingerprint density at radius 2 is 1.78 bits per heavy atom. The molecule has 0 spiro atoms. The van der Waals surface area contributed by atoms with Gasteiger partial charge in [0.05, 0.1) is 0 Å². The second-order valence-corrected chi connectivity index (χ2v) is 5.81. The highest BCUT2D eigenvalue weighted by atomic mass is 35.5. The van der Waals surface area contributed by atoms with E-state index >= 15 is 0 Å².